The van der Waals surface area contributed by atoms with E-state index in [9.17, 15) is 0 Å². The molecule has 0 saturated carbocycles. The number of thiophene rings is 1. The maximum atomic E-state index is 5.95. The van der Waals surface area contributed by atoms with Crippen LogP contribution >= 0.6 is 46.8 Å². The van der Waals surface area contributed by atoms with Crippen LogP contribution in [0, 0.1) is 0 Å². The van der Waals surface area contributed by atoms with Crippen LogP contribution in [0.4, 0.5) is 0 Å². The lowest BCUT2D eigenvalue weighted by Gasteiger charge is -2.10. The van der Waals surface area contributed by atoms with Crippen LogP contribution in [0.3, 0.4) is 0 Å². The Morgan fingerprint density at radius 2 is 1.89 bits per heavy atom. The topological polar surface area (TPSA) is 24.1 Å². The second-order valence-corrected chi connectivity index (χ2v) is 6.12. The maximum absolute atomic E-state index is 5.95. The molecule has 1 aromatic heterocycles. The first-order chi connectivity index (χ1) is 9.15. The van der Waals surface area contributed by atoms with Gasteiger partial charge in [-0.05, 0) is 41.4 Å². The Kier molecular flexibility index (Phi) is 5.45. The molecule has 1 aromatic carbocycles. The highest BCUT2D eigenvalue weighted by molar-refractivity contribution is 7.80. The normalized spacial score (nSPS) is 10.2. The largest absolute Gasteiger partial charge is 0.359 e. The Morgan fingerprint density at radius 3 is 2.58 bits per heavy atom. The summed E-state index contributed by atoms with van der Waals surface area (Å²) in [6.45, 7) is 1.36. The fraction of sp³-hybridized carbons (Fsp3) is 0.154. The third-order valence-electron chi connectivity index (χ3n) is 2.44. The van der Waals surface area contributed by atoms with Crippen LogP contribution in [-0.4, -0.2) is 5.11 Å². The molecule has 0 amide bonds. The molecule has 1 heterocycles. The van der Waals surface area contributed by atoms with Crippen LogP contribution in [0.25, 0.3) is 0 Å². The van der Waals surface area contributed by atoms with Crippen molar-refractivity contribution in [1.82, 2.24) is 10.6 Å². The lowest BCUT2D eigenvalue weighted by molar-refractivity contribution is 0.840. The van der Waals surface area contributed by atoms with Gasteiger partial charge < -0.3 is 10.6 Å². The Balaban J connectivity index is 1.78. The van der Waals surface area contributed by atoms with Gasteiger partial charge in [-0.2, -0.15) is 0 Å². The molecule has 2 N–H and O–H groups in total. The SMILES string of the molecule is S=C(NCc1ccc(Cl)c(Cl)c1)NCc1cccs1. The highest BCUT2D eigenvalue weighted by Crippen LogP contribution is 2.22. The Labute approximate surface area is 131 Å². The molecule has 2 nitrogen and oxygen atoms in total. The average molecular weight is 331 g/mol. The summed E-state index contributed by atoms with van der Waals surface area (Å²) in [7, 11) is 0. The van der Waals surface area contributed by atoms with Gasteiger partial charge in [0.15, 0.2) is 5.11 Å². The summed E-state index contributed by atoms with van der Waals surface area (Å²) in [5, 5.41) is 10.1. The molecule has 0 fully saturated rings. The van der Waals surface area contributed by atoms with Crippen molar-refractivity contribution in [2.45, 2.75) is 13.1 Å². The second-order valence-electron chi connectivity index (χ2n) is 3.86. The monoisotopic (exact) mass is 330 g/mol. The summed E-state index contributed by atoms with van der Waals surface area (Å²) >= 11 is 18.7. The van der Waals surface area contributed by atoms with Crippen molar-refractivity contribution in [2.75, 3.05) is 0 Å². The molecule has 6 heteroatoms. The first-order valence-electron chi connectivity index (χ1n) is 5.63. The number of halogens is 2. The van der Waals surface area contributed by atoms with E-state index in [1.807, 2.05) is 23.6 Å². The minimum atomic E-state index is 0.554. The second kappa shape index (κ2) is 7.10. The van der Waals surface area contributed by atoms with Crippen molar-refractivity contribution in [1.29, 1.82) is 0 Å². The van der Waals surface area contributed by atoms with Gasteiger partial charge in [0, 0.05) is 11.4 Å². The zero-order chi connectivity index (χ0) is 13.7. The maximum Gasteiger partial charge on any atom is 0.166 e. The van der Waals surface area contributed by atoms with E-state index in [4.69, 9.17) is 35.4 Å². The van der Waals surface area contributed by atoms with Crippen molar-refractivity contribution in [2.24, 2.45) is 0 Å². The number of benzene rings is 1. The van der Waals surface area contributed by atoms with Crippen molar-refractivity contribution < 1.29 is 0 Å². The Morgan fingerprint density at radius 1 is 1.11 bits per heavy atom. The van der Waals surface area contributed by atoms with Crippen molar-refractivity contribution >= 4 is 51.9 Å². The molecule has 0 radical (unpaired) electrons. The molecular weight excluding hydrogens is 319 g/mol. The number of nitrogens with one attached hydrogen (secondary N) is 2. The summed E-state index contributed by atoms with van der Waals surface area (Å²) in [5.74, 6) is 0. The van der Waals surface area contributed by atoms with Crippen LogP contribution in [0.2, 0.25) is 10.0 Å². The van der Waals surface area contributed by atoms with Gasteiger partial charge in [-0.3, -0.25) is 0 Å². The van der Waals surface area contributed by atoms with E-state index in [0.717, 1.165) is 12.1 Å². The number of rotatable bonds is 4. The minimum absolute atomic E-state index is 0.554. The standard InChI is InChI=1S/C13H12Cl2N2S2/c14-11-4-3-9(6-12(11)15)7-16-13(18)17-8-10-2-1-5-19-10/h1-6H,7-8H2,(H2,16,17,18). The summed E-state index contributed by atoms with van der Waals surface area (Å²) in [5.41, 5.74) is 1.04. The number of hydrogen-bond donors (Lipinski definition) is 2. The zero-order valence-corrected chi connectivity index (χ0v) is 13.1. The summed E-state index contributed by atoms with van der Waals surface area (Å²) in [6.07, 6.45) is 0. The number of hydrogen-bond acceptors (Lipinski definition) is 2. The fourth-order valence-electron chi connectivity index (χ4n) is 1.47. The van der Waals surface area contributed by atoms with Crippen LogP contribution in [0.5, 0.6) is 0 Å². The van der Waals surface area contributed by atoms with Gasteiger partial charge in [0.1, 0.15) is 0 Å². The highest BCUT2D eigenvalue weighted by Gasteiger charge is 2.01. The van der Waals surface area contributed by atoms with Gasteiger partial charge in [0.05, 0.1) is 16.6 Å². The van der Waals surface area contributed by atoms with E-state index in [0.29, 0.717) is 21.7 Å². The Hall–Kier alpha value is -0.810. The average Bonchev–Trinajstić information content (AvgIpc) is 2.91. The minimum Gasteiger partial charge on any atom is -0.359 e. The van der Waals surface area contributed by atoms with Gasteiger partial charge in [0.25, 0.3) is 0 Å². The summed E-state index contributed by atoms with van der Waals surface area (Å²) in [6, 6.07) is 9.62. The molecule has 0 atom stereocenters. The van der Waals surface area contributed by atoms with E-state index in [1.54, 1.807) is 17.4 Å². The van der Waals surface area contributed by atoms with Crippen molar-refractivity contribution in [3.63, 3.8) is 0 Å². The lowest BCUT2D eigenvalue weighted by Crippen LogP contribution is -2.34. The van der Waals surface area contributed by atoms with Gasteiger partial charge >= 0.3 is 0 Å². The quantitative estimate of drug-likeness (QED) is 0.821. The van der Waals surface area contributed by atoms with E-state index in [1.165, 1.54) is 4.88 Å². The van der Waals surface area contributed by atoms with E-state index in [2.05, 4.69) is 16.7 Å². The predicted octanol–water partition coefficient (Wildman–Crippen LogP) is 4.22. The van der Waals surface area contributed by atoms with Gasteiger partial charge in [0.2, 0.25) is 0 Å². The molecular formula is C13H12Cl2N2S2. The van der Waals surface area contributed by atoms with E-state index in [-0.39, 0.29) is 0 Å². The molecule has 2 aromatic rings. The third-order valence-corrected chi connectivity index (χ3v) is 4.34. The molecule has 0 aliphatic heterocycles. The number of thiocarbonyl (C=S) groups is 1. The molecule has 0 bridgehead atoms. The zero-order valence-electron chi connectivity index (χ0n) is 9.95. The van der Waals surface area contributed by atoms with Gasteiger partial charge in [-0.25, -0.2) is 0 Å². The van der Waals surface area contributed by atoms with Crippen LogP contribution in [0.1, 0.15) is 10.4 Å². The molecule has 0 saturated heterocycles. The molecule has 100 valence electrons. The lowest BCUT2D eigenvalue weighted by atomic mass is 10.2. The smallest absolute Gasteiger partial charge is 0.166 e. The third kappa shape index (κ3) is 4.66. The van der Waals surface area contributed by atoms with Gasteiger partial charge in [-0.1, -0.05) is 35.3 Å². The Bertz CT molecular complexity index is 556. The van der Waals surface area contributed by atoms with Crippen molar-refractivity contribution in [3.8, 4) is 0 Å². The first kappa shape index (κ1) is 14.6. The van der Waals surface area contributed by atoms with Crippen LogP contribution < -0.4 is 10.6 Å². The van der Waals surface area contributed by atoms with Crippen LogP contribution in [-0.2, 0) is 13.1 Å². The van der Waals surface area contributed by atoms with Crippen LogP contribution in [0.15, 0.2) is 35.7 Å². The van der Waals surface area contributed by atoms with E-state index < -0.39 is 0 Å². The van der Waals surface area contributed by atoms with Crippen molar-refractivity contribution in [3.05, 3.63) is 56.2 Å². The van der Waals surface area contributed by atoms with E-state index >= 15 is 0 Å². The summed E-state index contributed by atoms with van der Waals surface area (Å²) in [4.78, 5) is 1.25. The molecule has 0 unspecified atom stereocenters. The molecule has 0 aliphatic rings. The highest BCUT2D eigenvalue weighted by atomic mass is 35.5. The predicted molar refractivity (Wildman–Crippen MR) is 87.1 cm³/mol. The molecule has 19 heavy (non-hydrogen) atoms. The molecule has 2 rings (SSSR count). The molecule has 0 aliphatic carbocycles. The van der Waals surface area contributed by atoms with Gasteiger partial charge in [-0.15, -0.1) is 11.3 Å². The fourth-order valence-corrected chi connectivity index (χ4v) is 2.58. The first-order valence-corrected chi connectivity index (χ1v) is 7.67. The summed E-state index contributed by atoms with van der Waals surface area (Å²) < 4.78 is 0. The molecule has 0 spiro atoms.